The van der Waals surface area contributed by atoms with E-state index >= 15 is 0 Å². The van der Waals surface area contributed by atoms with Gasteiger partial charge in [-0.05, 0) is 5.56 Å². The molecule has 0 N–H and O–H groups in total. The van der Waals surface area contributed by atoms with Crippen LogP contribution in [0.5, 0.6) is 0 Å². The molecule has 2 aromatic heterocycles. The van der Waals surface area contributed by atoms with Gasteiger partial charge in [-0.2, -0.15) is 18.2 Å². The second-order valence-corrected chi connectivity index (χ2v) is 8.97. The van der Waals surface area contributed by atoms with Crippen molar-refractivity contribution in [2.45, 2.75) is 12.2 Å². The molecule has 2 saturated heterocycles. The van der Waals surface area contributed by atoms with Gasteiger partial charge in [-0.3, -0.25) is 9.80 Å². The van der Waals surface area contributed by atoms with Crippen molar-refractivity contribution in [1.82, 2.24) is 29.9 Å². The Bertz CT molecular complexity index is 1160. The van der Waals surface area contributed by atoms with Gasteiger partial charge in [-0.1, -0.05) is 47.6 Å². The van der Waals surface area contributed by atoms with Crippen LogP contribution in [0.4, 0.5) is 19.1 Å². The number of hydrogen-bond donors (Lipinski definition) is 0. The lowest BCUT2D eigenvalue weighted by Gasteiger charge is -2.40. The number of hydrogen-bond acceptors (Lipinski definition) is 9. The van der Waals surface area contributed by atoms with Gasteiger partial charge in [0, 0.05) is 64.2 Å². The highest BCUT2D eigenvalue weighted by Gasteiger charge is 2.38. The summed E-state index contributed by atoms with van der Waals surface area (Å²) in [4.78, 5) is 19.1. The number of ether oxygens (including phenoxy) is 1. The molecule has 0 bridgehead atoms. The van der Waals surface area contributed by atoms with Crippen LogP contribution in [0.2, 0.25) is 0 Å². The molecule has 0 radical (unpaired) electrons. The highest BCUT2D eigenvalue weighted by molar-refractivity contribution is 5.52. The molecule has 0 amide bonds. The Morgan fingerprint density at radius 3 is 2.30 bits per heavy atom. The minimum atomic E-state index is -4.69. The molecule has 0 spiro atoms. The van der Waals surface area contributed by atoms with Crippen molar-refractivity contribution in [3.05, 3.63) is 60.3 Å². The van der Waals surface area contributed by atoms with Crippen LogP contribution in [0.15, 0.2) is 53.3 Å². The van der Waals surface area contributed by atoms with Crippen LogP contribution in [0.3, 0.4) is 0 Å². The average molecular weight is 516 g/mol. The Morgan fingerprint density at radius 1 is 0.946 bits per heavy atom. The standard InChI is InChI=1S/C25H28F3N7O2/c26-25(27,28)23-31-22(32-37-23)20-16-29-24(30-17-20)35-10-8-34(9-11-35)21(18-33-12-14-36-15-13-33)7-6-19-4-2-1-3-5-19/h1-7,16-17,21H,8-15,18H2/b7-6+. The van der Waals surface area contributed by atoms with E-state index in [1.165, 1.54) is 18.0 Å². The normalized spacial score (nSPS) is 18.9. The first-order valence-electron chi connectivity index (χ1n) is 12.2. The molecule has 0 aliphatic carbocycles. The smallest absolute Gasteiger partial charge is 0.379 e. The summed E-state index contributed by atoms with van der Waals surface area (Å²) in [6, 6.07) is 10.5. The Kier molecular flexibility index (Phi) is 7.77. The van der Waals surface area contributed by atoms with E-state index in [9.17, 15) is 13.2 Å². The summed E-state index contributed by atoms with van der Waals surface area (Å²) in [6.07, 6.45) is 2.61. The molecule has 9 nitrogen and oxygen atoms in total. The largest absolute Gasteiger partial charge is 0.471 e. The average Bonchev–Trinajstić information content (AvgIpc) is 3.44. The molecule has 37 heavy (non-hydrogen) atoms. The maximum absolute atomic E-state index is 12.7. The number of alkyl halides is 3. The van der Waals surface area contributed by atoms with Gasteiger partial charge in [0.05, 0.1) is 18.8 Å². The van der Waals surface area contributed by atoms with Crippen LogP contribution in [-0.2, 0) is 10.9 Å². The Morgan fingerprint density at radius 2 is 1.65 bits per heavy atom. The van der Waals surface area contributed by atoms with E-state index in [0.717, 1.165) is 59.0 Å². The SMILES string of the molecule is FC(F)(F)c1nc(-c2cnc(N3CCN(C(/C=C/c4ccccc4)CN4CCOCC4)CC3)nc2)no1. The molecule has 2 aliphatic rings. The Labute approximate surface area is 212 Å². The van der Waals surface area contributed by atoms with Crippen LogP contribution >= 0.6 is 0 Å². The highest BCUT2D eigenvalue weighted by atomic mass is 19.4. The van der Waals surface area contributed by atoms with Gasteiger partial charge in [-0.15, -0.1) is 0 Å². The molecule has 0 saturated carbocycles. The predicted octanol–water partition coefficient (Wildman–Crippen LogP) is 3.08. The van der Waals surface area contributed by atoms with Gasteiger partial charge in [-0.25, -0.2) is 9.97 Å². The van der Waals surface area contributed by atoms with Gasteiger partial charge < -0.3 is 14.2 Å². The number of rotatable bonds is 7. The minimum Gasteiger partial charge on any atom is -0.379 e. The van der Waals surface area contributed by atoms with E-state index in [1.54, 1.807) is 0 Å². The number of aromatic nitrogens is 4. The van der Waals surface area contributed by atoms with Gasteiger partial charge in [0.25, 0.3) is 0 Å². The number of piperazine rings is 1. The first kappa shape index (κ1) is 25.3. The molecule has 3 aromatic rings. The third-order valence-electron chi connectivity index (χ3n) is 6.49. The Balaban J connectivity index is 1.22. The van der Waals surface area contributed by atoms with Crippen molar-refractivity contribution in [1.29, 1.82) is 0 Å². The number of halogens is 3. The first-order chi connectivity index (χ1) is 18.0. The van der Waals surface area contributed by atoms with Crippen molar-refractivity contribution in [3.8, 4) is 11.4 Å². The van der Waals surface area contributed by atoms with Crippen molar-refractivity contribution in [2.24, 2.45) is 0 Å². The molecule has 1 atom stereocenters. The topological polar surface area (TPSA) is 83.7 Å². The van der Waals surface area contributed by atoms with Crippen molar-refractivity contribution in [3.63, 3.8) is 0 Å². The van der Waals surface area contributed by atoms with Gasteiger partial charge in [0.2, 0.25) is 11.8 Å². The third kappa shape index (κ3) is 6.51. The highest BCUT2D eigenvalue weighted by Crippen LogP contribution is 2.29. The van der Waals surface area contributed by atoms with Crippen molar-refractivity contribution < 1.29 is 22.4 Å². The van der Waals surface area contributed by atoms with E-state index in [4.69, 9.17) is 4.74 Å². The monoisotopic (exact) mass is 515 g/mol. The number of morpholine rings is 1. The zero-order valence-electron chi connectivity index (χ0n) is 20.2. The van der Waals surface area contributed by atoms with Crippen LogP contribution in [0, 0.1) is 0 Å². The molecule has 1 unspecified atom stereocenters. The lowest BCUT2D eigenvalue weighted by Crippen LogP contribution is -2.54. The zero-order valence-corrected chi connectivity index (χ0v) is 20.2. The molecule has 2 fully saturated rings. The van der Waals surface area contributed by atoms with Crippen LogP contribution < -0.4 is 4.90 Å². The van der Waals surface area contributed by atoms with E-state index < -0.39 is 12.1 Å². The molecule has 1 aromatic carbocycles. The van der Waals surface area contributed by atoms with E-state index in [2.05, 4.69) is 63.6 Å². The lowest BCUT2D eigenvalue weighted by atomic mass is 10.1. The maximum Gasteiger partial charge on any atom is 0.471 e. The summed E-state index contributed by atoms with van der Waals surface area (Å²) in [5, 5.41) is 3.39. The van der Waals surface area contributed by atoms with Crippen molar-refractivity contribution >= 4 is 12.0 Å². The number of nitrogens with zero attached hydrogens (tertiary/aromatic N) is 7. The second kappa shape index (κ2) is 11.4. The van der Waals surface area contributed by atoms with E-state index in [-0.39, 0.29) is 17.4 Å². The third-order valence-corrected chi connectivity index (χ3v) is 6.49. The lowest BCUT2D eigenvalue weighted by molar-refractivity contribution is -0.159. The predicted molar refractivity (Wildman–Crippen MR) is 131 cm³/mol. The summed E-state index contributed by atoms with van der Waals surface area (Å²) >= 11 is 0. The number of anilines is 1. The van der Waals surface area contributed by atoms with Gasteiger partial charge in [0.1, 0.15) is 0 Å². The van der Waals surface area contributed by atoms with Gasteiger partial charge in [0.15, 0.2) is 0 Å². The van der Waals surface area contributed by atoms with Crippen molar-refractivity contribution in [2.75, 3.05) is 63.9 Å². The quantitative estimate of drug-likeness (QED) is 0.471. The molecule has 12 heteroatoms. The molecule has 2 aliphatic heterocycles. The van der Waals surface area contributed by atoms with Crippen LogP contribution in [0.25, 0.3) is 17.5 Å². The fourth-order valence-corrected chi connectivity index (χ4v) is 4.44. The fourth-order valence-electron chi connectivity index (χ4n) is 4.44. The summed E-state index contributed by atoms with van der Waals surface area (Å²) in [5.74, 6) is -1.07. The minimum absolute atomic E-state index is 0.195. The zero-order chi connectivity index (χ0) is 25.7. The summed E-state index contributed by atoms with van der Waals surface area (Å²) in [5.41, 5.74) is 1.43. The molecule has 196 valence electrons. The maximum atomic E-state index is 12.7. The summed E-state index contributed by atoms with van der Waals surface area (Å²) < 4.78 is 48.0. The Hall–Kier alpha value is -3.35. The molecular formula is C25H28F3N7O2. The van der Waals surface area contributed by atoms with Gasteiger partial charge >= 0.3 is 12.1 Å². The van der Waals surface area contributed by atoms with E-state index in [0.29, 0.717) is 5.95 Å². The molecule has 5 rings (SSSR count). The first-order valence-corrected chi connectivity index (χ1v) is 12.2. The molecule has 4 heterocycles. The van der Waals surface area contributed by atoms with Crippen LogP contribution in [0.1, 0.15) is 11.5 Å². The summed E-state index contributed by atoms with van der Waals surface area (Å²) in [6.45, 7) is 7.45. The van der Waals surface area contributed by atoms with Crippen LogP contribution in [-0.4, -0.2) is 95.0 Å². The van der Waals surface area contributed by atoms with E-state index in [1.807, 2.05) is 18.2 Å². The number of benzene rings is 1. The molecular weight excluding hydrogens is 487 g/mol. The summed E-state index contributed by atoms with van der Waals surface area (Å²) in [7, 11) is 0. The fraction of sp³-hybridized carbons (Fsp3) is 0.440. The second-order valence-electron chi connectivity index (χ2n) is 8.97.